The van der Waals surface area contributed by atoms with Crippen LogP contribution in [0.3, 0.4) is 0 Å². The minimum atomic E-state index is -4.16. The second-order valence-electron chi connectivity index (χ2n) is 4.23. The molecule has 0 amide bonds. The molecule has 1 atom stereocenters. The van der Waals surface area contributed by atoms with Crippen LogP contribution in [0.2, 0.25) is 0 Å². The number of alkyl halides is 3. The van der Waals surface area contributed by atoms with Crippen LogP contribution in [0.25, 0.3) is 0 Å². The van der Waals surface area contributed by atoms with Crippen LogP contribution in [0.5, 0.6) is 0 Å². The molecule has 100 valence electrons. The molecule has 1 aromatic rings. The van der Waals surface area contributed by atoms with Gasteiger partial charge in [0.25, 0.3) is 0 Å². The number of aryl methyl sites for hydroxylation is 1. The molecule has 0 bridgehead atoms. The summed E-state index contributed by atoms with van der Waals surface area (Å²) in [6.45, 7) is 1.53. The Labute approximate surface area is 103 Å². The zero-order valence-corrected chi connectivity index (χ0v) is 10.00. The average Bonchev–Trinajstić information content (AvgIpc) is 2.27. The van der Waals surface area contributed by atoms with Crippen molar-refractivity contribution in [1.82, 2.24) is 0 Å². The number of hydrogen-bond acceptors (Lipinski definition) is 1. The van der Waals surface area contributed by atoms with Gasteiger partial charge in [0.05, 0.1) is 5.92 Å². The van der Waals surface area contributed by atoms with E-state index in [1.165, 1.54) is 6.92 Å². The number of carbonyl (C=O) groups is 1. The number of rotatable bonds is 5. The van der Waals surface area contributed by atoms with E-state index in [4.69, 9.17) is 5.11 Å². The summed E-state index contributed by atoms with van der Waals surface area (Å²) in [5.41, 5.74) is 1.27. The first kappa shape index (κ1) is 14.5. The lowest BCUT2D eigenvalue weighted by Crippen LogP contribution is -2.11. The molecular weight excluding hydrogens is 245 g/mol. The van der Waals surface area contributed by atoms with Crippen LogP contribution in [-0.2, 0) is 11.2 Å². The fourth-order valence-corrected chi connectivity index (χ4v) is 1.80. The van der Waals surface area contributed by atoms with Crippen LogP contribution in [0, 0.1) is 0 Å². The number of carboxylic acid groups (broad SMARTS) is 1. The van der Waals surface area contributed by atoms with Gasteiger partial charge in [0, 0.05) is 6.42 Å². The predicted octanol–water partition coefficient (Wildman–Crippen LogP) is 3.76. The van der Waals surface area contributed by atoms with Gasteiger partial charge < -0.3 is 5.11 Å². The van der Waals surface area contributed by atoms with E-state index in [2.05, 4.69) is 0 Å². The maximum Gasteiger partial charge on any atom is 0.389 e. The number of hydrogen-bond donors (Lipinski definition) is 1. The molecule has 0 aliphatic heterocycles. The molecule has 0 saturated carbocycles. The summed E-state index contributed by atoms with van der Waals surface area (Å²) in [6.07, 6.45) is -4.78. The van der Waals surface area contributed by atoms with Gasteiger partial charge in [-0.3, -0.25) is 4.79 Å². The monoisotopic (exact) mass is 260 g/mol. The fraction of sp³-hybridized carbons (Fsp3) is 0.462. The molecule has 1 unspecified atom stereocenters. The van der Waals surface area contributed by atoms with Crippen molar-refractivity contribution in [3.63, 3.8) is 0 Å². The van der Waals surface area contributed by atoms with Gasteiger partial charge in [-0.2, -0.15) is 13.2 Å². The smallest absolute Gasteiger partial charge is 0.389 e. The van der Waals surface area contributed by atoms with E-state index in [0.29, 0.717) is 11.1 Å². The van der Waals surface area contributed by atoms with Crippen LogP contribution in [0.1, 0.15) is 36.8 Å². The van der Waals surface area contributed by atoms with E-state index < -0.39 is 24.5 Å². The lowest BCUT2D eigenvalue weighted by atomic mass is 9.93. The zero-order valence-electron chi connectivity index (χ0n) is 10.00. The Morgan fingerprint density at radius 2 is 1.94 bits per heavy atom. The molecule has 1 N–H and O–H groups in total. The molecular formula is C13H15F3O2. The van der Waals surface area contributed by atoms with Crippen molar-refractivity contribution in [3.05, 3.63) is 35.4 Å². The topological polar surface area (TPSA) is 37.3 Å². The van der Waals surface area contributed by atoms with Gasteiger partial charge >= 0.3 is 12.1 Å². The second kappa shape index (κ2) is 5.89. The highest BCUT2D eigenvalue weighted by Gasteiger charge is 2.26. The standard InChI is InChI=1S/C13H15F3O2/c1-9(12(17)18)11-7-3-2-5-10(11)6-4-8-13(14,15)16/h2-3,5,7,9H,4,6,8H2,1H3,(H,17,18). The quantitative estimate of drug-likeness (QED) is 0.875. The number of carboxylic acids is 1. The van der Waals surface area contributed by atoms with Crippen molar-refractivity contribution in [2.24, 2.45) is 0 Å². The highest BCUT2D eigenvalue weighted by molar-refractivity contribution is 5.76. The van der Waals surface area contributed by atoms with Crippen LogP contribution in [0.15, 0.2) is 24.3 Å². The van der Waals surface area contributed by atoms with E-state index in [1.807, 2.05) is 0 Å². The van der Waals surface area contributed by atoms with E-state index in [9.17, 15) is 18.0 Å². The third-order valence-electron chi connectivity index (χ3n) is 2.80. The van der Waals surface area contributed by atoms with E-state index in [1.54, 1.807) is 24.3 Å². The molecule has 0 radical (unpaired) electrons. The third kappa shape index (κ3) is 4.39. The summed E-state index contributed by atoms with van der Waals surface area (Å²) in [6, 6.07) is 6.75. The molecule has 0 heterocycles. The molecule has 0 saturated heterocycles. The van der Waals surface area contributed by atoms with Crippen molar-refractivity contribution in [2.75, 3.05) is 0 Å². The highest BCUT2D eigenvalue weighted by Crippen LogP contribution is 2.25. The Morgan fingerprint density at radius 3 is 2.50 bits per heavy atom. The lowest BCUT2D eigenvalue weighted by molar-refractivity contribution is -0.138. The van der Waals surface area contributed by atoms with Crippen molar-refractivity contribution >= 4 is 5.97 Å². The zero-order chi connectivity index (χ0) is 13.8. The first-order chi connectivity index (χ1) is 8.31. The van der Waals surface area contributed by atoms with Crippen molar-refractivity contribution in [2.45, 2.75) is 38.3 Å². The van der Waals surface area contributed by atoms with Gasteiger partial charge in [-0.15, -0.1) is 0 Å². The normalized spacial score (nSPS) is 13.3. The van der Waals surface area contributed by atoms with Gasteiger partial charge in [-0.05, 0) is 30.9 Å². The summed E-state index contributed by atoms with van der Waals surface area (Å²) in [5, 5.41) is 8.93. The summed E-state index contributed by atoms with van der Waals surface area (Å²) in [4.78, 5) is 10.9. The van der Waals surface area contributed by atoms with Crippen LogP contribution in [-0.4, -0.2) is 17.3 Å². The van der Waals surface area contributed by atoms with Gasteiger partial charge in [0.15, 0.2) is 0 Å². The Balaban J connectivity index is 2.74. The Morgan fingerprint density at radius 1 is 1.33 bits per heavy atom. The number of aliphatic carboxylic acids is 1. The summed E-state index contributed by atoms with van der Waals surface area (Å²) >= 11 is 0. The summed E-state index contributed by atoms with van der Waals surface area (Å²) in [7, 11) is 0. The molecule has 0 aromatic heterocycles. The van der Waals surface area contributed by atoms with Crippen LogP contribution >= 0.6 is 0 Å². The highest BCUT2D eigenvalue weighted by atomic mass is 19.4. The molecule has 0 fully saturated rings. The first-order valence-electron chi connectivity index (χ1n) is 5.68. The molecule has 0 aliphatic carbocycles. The maximum absolute atomic E-state index is 12.1. The number of benzene rings is 1. The van der Waals surface area contributed by atoms with Crippen LogP contribution in [0.4, 0.5) is 13.2 Å². The van der Waals surface area contributed by atoms with E-state index in [-0.39, 0.29) is 12.8 Å². The molecule has 2 nitrogen and oxygen atoms in total. The molecule has 1 rings (SSSR count). The van der Waals surface area contributed by atoms with Gasteiger partial charge in [0.1, 0.15) is 0 Å². The maximum atomic E-state index is 12.1. The summed E-state index contributed by atoms with van der Waals surface area (Å²) < 4.78 is 36.2. The van der Waals surface area contributed by atoms with Gasteiger partial charge in [0.2, 0.25) is 0 Å². The molecule has 0 aliphatic rings. The largest absolute Gasteiger partial charge is 0.481 e. The molecule has 1 aromatic carbocycles. The molecule has 18 heavy (non-hydrogen) atoms. The third-order valence-corrected chi connectivity index (χ3v) is 2.80. The lowest BCUT2D eigenvalue weighted by Gasteiger charge is -2.13. The first-order valence-corrected chi connectivity index (χ1v) is 5.68. The Bertz CT molecular complexity index is 413. The fourth-order valence-electron chi connectivity index (χ4n) is 1.80. The van der Waals surface area contributed by atoms with E-state index >= 15 is 0 Å². The second-order valence-corrected chi connectivity index (χ2v) is 4.23. The van der Waals surface area contributed by atoms with E-state index in [0.717, 1.165) is 0 Å². The van der Waals surface area contributed by atoms with Crippen molar-refractivity contribution < 1.29 is 23.1 Å². The molecule has 5 heteroatoms. The van der Waals surface area contributed by atoms with Crippen molar-refractivity contribution in [1.29, 1.82) is 0 Å². The minimum absolute atomic E-state index is 0.0210. The SMILES string of the molecule is CC(C(=O)O)c1ccccc1CCCC(F)(F)F. The summed E-state index contributed by atoms with van der Waals surface area (Å²) in [5.74, 6) is -1.68. The predicted molar refractivity (Wildman–Crippen MR) is 61.5 cm³/mol. The van der Waals surface area contributed by atoms with Crippen LogP contribution < -0.4 is 0 Å². The minimum Gasteiger partial charge on any atom is -0.481 e. The van der Waals surface area contributed by atoms with Crippen molar-refractivity contribution in [3.8, 4) is 0 Å². The average molecular weight is 260 g/mol. The Kier molecular flexibility index (Phi) is 4.76. The molecule has 0 spiro atoms. The van der Waals surface area contributed by atoms with Gasteiger partial charge in [-0.1, -0.05) is 24.3 Å². The number of halogens is 3. The Hall–Kier alpha value is -1.52. The van der Waals surface area contributed by atoms with Gasteiger partial charge in [-0.25, -0.2) is 0 Å².